The van der Waals surface area contributed by atoms with E-state index in [-0.39, 0.29) is 0 Å². The van der Waals surface area contributed by atoms with Gasteiger partial charge in [0.25, 0.3) is 0 Å². The number of hydrogen-bond donors (Lipinski definition) is 0. The number of rotatable bonds is 5. The van der Waals surface area contributed by atoms with Gasteiger partial charge in [0.15, 0.2) is 0 Å². The Balaban J connectivity index is 1.25. The summed E-state index contributed by atoms with van der Waals surface area (Å²) < 4.78 is 2.05. The second-order valence-corrected chi connectivity index (χ2v) is 7.62. The van der Waals surface area contributed by atoms with Crippen LogP contribution < -0.4 is 4.90 Å². The van der Waals surface area contributed by atoms with Gasteiger partial charge in [0, 0.05) is 44.8 Å². The molecule has 7 heteroatoms. The molecule has 2 aromatic rings. The minimum atomic E-state index is 0.663. The molecule has 0 amide bonds. The molecule has 0 bridgehead atoms. The van der Waals surface area contributed by atoms with Crippen molar-refractivity contribution in [1.29, 1.82) is 0 Å². The van der Waals surface area contributed by atoms with Crippen LogP contribution in [0.3, 0.4) is 0 Å². The van der Waals surface area contributed by atoms with Crippen LogP contribution in [-0.2, 0) is 13.1 Å². The van der Waals surface area contributed by atoms with Crippen LogP contribution in [0.4, 0.5) is 5.82 Å². The number of piperidine rings is 1. The van der Waals surface area contributed by atoms with E-state index in [1.165, 1.54) is 38.8 Å². The molecule has 0 unspecified atom stereocenters. The molecule has 4 heterocycles. The van der Waals surface area contributed by atoms with Crippen LogP contribution in [-0.4, -0.2) is 56.0 Å². The first-order chi connectivity index (χ1) is 12.9. The molecule has 0 aromatic carbocycles. The van der Waals surface area contributed by atoms with E-state index in [1.54, 1.807) is 12.4 Å². The Bertz CT molecular complexity index is 656. The molecule has 0 aliphatic carbocycles. The van der Waals surface area contributed by atoms with Crippen molar-refractivity contribution in [2.75, 3.05) is 31.1 Å². The maximum absolute atomic E-state index is 4.41. The molecule has 2 aliphatic rings. The molecule has 2 fully saturated rings. The summed E-state index contributed by atoms with van der Waals surface area (Å²) in [5, 5.41) is 8.79. The Labute approximate surface area is 155 Å². The van der Waals surface area contributed by atoms with Gasteiger partial charge in [0.05, 0.1) is 11.9 Å². The second kappa shape index (κ2) is 8.58. The maximum Gasteiger partial charge on any atom is 0.147 e. The Hall–Kier alpha value is -2.02. The Morgan fingerprint density at radius 2 is 1.77 bits per heavy atom. The standard InChI is InChI=1S/C19H29N7/c1-2-4-10-24(9-3-1)15-18-16-26(23-22-18)14-17-5-11-25(12-6-17)19-13-20-7-8-21-19/h7-8,13,16-17H,1-6,9-12,14-15H2. The fourth-order valence-corrected chi connectivity index (χ4v) is 4.09. The summed E-state index contributed by atoms with van der Waals surface area (Å²) >= 11 is 0. The van der Waals surface area contributed by atoms with Crippen LogP contribution in [0.2, 0.25) is 0 Å². The van der Waals surface area contributed by atoms with Gasteiger partial charge in [-0.05, 0) is 44.7 Å². The van der Waals surface area contributed by atoms with Gasteiger partial charge in [-0.15, -0.1) is 5.10 Å². The highest BCUT2D eigenvalue weighted by Crippen LogP contribution is 2.22. The Kier molecular flexibility index (Phi) is 5.74. The summed E-state index contributed by atoms with van der Waals surface area (Å²) in [6.07, 6.45) is 15.2. The fourth-order valence-electron chi connectivity index (χ4n) is 4.09. The van der Waals surface area contributed by atoms with Crippen molar-refractivity contribution in [3.05, 3.63) is 30.5 Å². The van der Waals surface area contributed by atoms with Crippen LogP contribution in [0.25, 0.3) is 0 Å². The predicted octanol–water partition coefficient (Wildman–Crippen LogP) is 2.36. The third kappa shape index (κ3) is 4.58. The van der Waals surface area contributed by atoms with E-state index in [9.17, 15) is 0 Å². The van der Waals surface area contributed by atoms with Crippen molar-refractivity contribution in [3.63, 3.8) is 0 Å². The predicted molar refractivity (Wildman–Crippen MR) is 101 cm³/mol. The normalized spacial score (nSPS) is 20.2. The van der Waals surface area contributed by atoms with Gasteiger partial charge in [-0.25, -0.2) is 4.98 Å². The lowest BCUT2D eigenvalue weighted by Gasteiger charge is -2.32. The van der Waals surface area contributed by atoms with E-state index in [1.807, 2.05) is 6.20 Å². The molecule has 2 aliphatic heterocycles. The summed E-state index contributed by atoms with van der Waals surface area (Å²) in [6.45, 7) is 6.41. The van der Waals surface area contributed by atoms with E-state index in [4.69, 9.17) is 0 Å². The van der Waals surface area contributed by atoms with Gasteiger partial charge < -0.3 is 4.90 Å². The van der Waals surface area contributed by atoms with Gasteiger partial charge >= 0.3 is 0 Å². The van der Waals surface area contributed by atoms with E-state index >= 15 is 0 Å². The number of hydrogen-bond acceptors (Lipinski definition) is 6. The molecule has 2 aromatic heterocycles. The molecule has 26 heavy (non-hydrogen) atoms. The maximum atomic E-state index is 4.41. The molecule has 140 valence electrons. The van der Waals surface area contributed by atoms with Crippen molar-refractivity contribution < 1.29 is 0 Å². The number of aromatic nitrogens is 5. The molecular formula is C19H29N7. The quantitative estimate of drug-likeness (QED) is 0.820. The van der Waals surface area contributed by atoms with Crippen LogP contribution >= 0.6 is 0 Å². The molecule has 7 nitrogen and oxygen atoms in total. The van der Waals surface area contributed by atoms with Crippen LogP contribution in [0.1, 0.15) is 44.2 Å². The van der Waals surface area contributed by atoms with Gasteiger partial charge in [-0.1, -0.05) is 18.1 Å². The molecule has 4 rings (SSSR count). The summed E-state index contributed by atoms with van der Waals surface area (Å²) in [5.74, 6) is 1.65. The van der Waals surface area contributed by atoms with Gasteiger partial charge in [-0.2, -0.15) is 0 Å². The lowest BCUT2D eigenvalue weighted by Crippen LogP contribution is -2.35. The van der Waals surface area contributed by atoms with Crippen LogP contribution in [0.15, 0.2) is 24.8 Å². The SMILES string of the molecule is c1cnc(N2CCC(Cn3cc(CN4CCCCCC4)nn3)CC2)cn1. The van der Waals surface area contributed by atoms with E-state index in [0.29, 0.717) is 5.92 Å². The molecular weight excluding hydrogens is 326 g/mol. The van der Waals surface area contributed by atoms with Crippen molar-refractivity contribution in [2.45, 2.75) is 51.6 Å². The molecule has 0 radical (unpaired) electrons. The van der Waals surface area contributed by atoms with Crippen molar-refractivity contribution in [2.24, 2.45) is 5.92 Å². The minimum absolute atomic E-state index is 0.663. The molecule has 0 saturated carbocycles. The molecule has 0 N–H and O–H groups in total. The largest absolute Gasteiger partial charge is 0.355 e. The first-order valence-corrected chi connectivity index (χ1v) is 9.99. The highest BCUT2D eigenvalue weighted by atomic mass is 15.4. The topological polar surface area (TPSA) is 63.0 Å². The molecule has 2 saturated heterocycles. The lowest BCUT2D eigenvalue weighted by atomic mass is 9.97. The average molecular weight is 355 g/mol. The van der Waals surface area contributed by atoms with Gasteiger partial charge in [0.2, 0.25) is 0 Å². The average Bonchev–Trinajstić information content (AvgIpc) is 2.96. The zero-order chi connectivity index (χ0) is 17.6. The second-order valence-electron chi connectivity index (χ2n) is 7.62. The third-order valence-electron chi connectivity index (χ3n) is 5.60. The summed E-state index contributed by atoms with van der Waals surface area (Å²) in [7, 11) is 0. The molecule has 0 spiro atoms. The van der Waals surface area contributed by atoms with E-state index in [0.717, 1.165) is 50.5 Å². The lowest BCUT2D eigenvalue weighted by molar-refractivity contribution is 0.273. The van der Waals surface area contributed by atoms with Crippen LogP contribution in [0.5, 0.6) is 0 Å². The summed E-state index contributed by atoms with van der Waals surface area (Å²) in [5.41, 5.74) is 1.11. The van der Waals surface area contributed by atoms with Crippen LogP contribution in [0, 0.1) is 5.92 Å². The summed E-state index contributed by atoms with van der Waals surface area (Å²) in [4.78, 5) is 13.4. The zero-order valence-electron chi connectivity index (χ0n) is 15.5. The number of likely N-dealkylation sites (tertiary alicyclic amines) is 1. The monoisotopic (exact) mass is 355 g/mol. The van der Waals surface area contributed by atoms with Crippen molar-refractivity contribution >= 4 is 5.82 Å². The smallest absolute Gasteiger partial charge is 0.147 e. The first-order valence-electron chi connectivity index (χ1n) is 9.99. The fraction of sp³-hybridized carbons (Fsp3) is 0.684. The zero-order valence-corrected chi connectivity index (χ0v) is 15.5. The van der Waals surface area contributed by atoms with Gasteiger partial charge in [0.1, 0.15) is 5.82 Å². The highest BCUT2D eigenvalue weighted by molar-refractivity contribution is 5.35. The van der Waals surface area contributed by atoms with E-state index in [2.05, 4.69) is 41.0 Å². The van der Waals surface area contributed by atoms with Gasteiger partial charge in [-0.3, -0.25) is 14.6 Å². The third-order valence-corrected chi connectivity index (χ3v) is 5.60. The summed E-state index contributed by atoms with van der Waals surface area (Å²) in [6, 6.07) is 0. The Morgan fingerprint density at radius 3 is 2.50 bits per heavy atom. The van der Waals surface area contributed by atoms with Crippen molar-refractivity contribution in [1.82, 2.24) is 29.9 Å². The Morgan fingerprint density at radius 1 is 0.962 bits per heavy atom. The number of nitrogens with zero attached hydrogens (tertiary/aromatic N) is 7. The minimum Gasteiger partial charge on any atom is -0.355 e. The first kappa shape index (κ1) is 17.4. The number of anilines is 1. The van der Waals surface area contributed by atoms with Crippen molar-refractivity contribution in [3.8, 4) is 0 Å². The molecule has 0 atom stereocenters. The highest BCUT2D eigenvalue weighted by Gasteiger charge is 2.21. The van der Waals surface area contributed by atoms with E-state index < -0.39 is 0 Å².